The number of pyridine rings is 1. The topological polar surface area (TPSA) is 106 Å². The summed E-state index contributed by atoms with van der Waals surface area (Å²) in [6.07, 6.45) is 2.80. The largest absolute Gasteiger partial charge is 0.450 e. The molecule has 7 heteroatoms. The number of aromatic amines is 1. The van der Waals surface area contributed by atoms with E-state index in [0.717, 1.165) is 22.2 Å². The molecule has 0 aliphatic heterocycles. The van der Waals surface area contributed by atoms with Crippen molar-refractivity contribution in [2.75, 3.05) is 17.7 Å². The van der Waals surface area contributed by atoms with Crippen LogP contribution in [0, 0.1) is 0 Å². The summed E-state index contributed by atoms with van der Waals surface area (Å²) in [6, 6.07) is 7.56. The molecule has 0 unspecified atom stereocenters. The Morgan fingerprint density at radius 3 is 2.95 bits per heavy atom. The third kappa shape index (κ3) is 2.83. The number of hydrogen-bond donors (Lipinski definition) is 3. The fourth-order valence-corrected chi connectivity index (χ4v) is 2.13. The molecule has 0 atom stereocenters. The van der Waals surface area contributed by atoms with E-state index >= 15 is 0 Å². The predicted molar refractivity (Wildman–Crippen MR) is 84.4 cm³/mol. The summed E-state index contributed by atoms with van der Waals surface area (Å²) in [5, 5.41) is 2.54. The van der Waals surface area contributed by atoms with Crippen molar-refractivity contribution in [3.63, 3.8) is 0 Å². The molecule has 0 bridgehead atoms. The van der Waals surface area contributed by atoms with E-state index in [9.17, 15) is 4.79 Å². The van der Waals surface area contributed by atoms with Gasteiger partial charge in [0.15, 0.2) is 0 Å². The molecule has 7 nitrogen and oxygen atoms in total. The number of nitrogens with two attached hydrogens (primary N) is 1. The molecule has 0 radical (unpaired) electrons. The fraction of sp³-hybridized carbons (Fsp3) is 0.133. The van der Waals surface area contributed by atoms with Crippen LogP contribution in [-0.4, -0.2) is 27.7 Å². The van der Waals surface area contributed by atoms with Gasteiger partial charge in [-0.25, -0.2) is 9.78 Å². The summed E-state index contributed by atoms with van der Waals surface area (Å²) in [4.78, 5) is 22.8. The lowest BCUT2D eigenvalue weighted by molar-refractivity contribution is 0.167. The zero-order chi connectivity index (χ0) is 15.5. The lowest BCUT2D eigenvalue weighted by Gasteiger charge is -2.02. The molecule has 2 heterocycles. The number of aromatic nitrogens is 3. The van der Waals surface area contributed by atoms with Gasteiger partial charge >= 0.3 is 6.09 Å². The van der Waals surface area contributed by atoms with Crippen molar-refractivity contribution in [1.29, 1.82) is 0 Å². The van der Waals surface area contributed by atoms with Gasteiger partial charge in [0, 0.05) is 18.0 Å². The highest BCUT2D eigenvalue weighted by atomic mass is 16.5. The van der Waals surface area contributed by atoms with E-state index in [4.69, 9.17) is 10.5 Å². The standard InChI is InChI=1S/C15H15N5O2/c1-2-22-15(21)20-14-18-12-4-3-9(6-13(12)19-14)10-5-11(16)8-17-7-10/h3-8H,2,16H2,1H3,(H2,18,19,20,21). The number of fused-ring (bicyclic) bond motifs is 1. The first kappa shape index (κ1) is 13.9. The SMILES string of the molecule is CCOC(=O)Nc1nc2ccc(-c3cncc(N)c3)cc2[nH]1. The average molecular weight is 297 g/mol. The van der Waals surface area contributed by atoms with Crippen molar-refractivity contribution in [3.8, 4) is 11.1 Å². The van der Waals surface area contributed by atoms with Gasteiger partial charge in [0.2, 0.25) is 5.95 Å². The summed E-state index contributed by atoms with van der Waals surface area (Å²) < 4.78 is 4.82. The minimum atomic E-state index is -0.540. The fourth-order valence-electron chi connectivity index (χ4n) is 2.13. The van der Waals surface area contributed by atoms with Crippen molar-refractivity contribution in [2.45, 2.75) is 6.92 Å². The summed E-state index contributed by atoms with van der Waals surface area (Å²) in [6.45, 7) is 2.04. The molecule has 3 aromatic rings. The Hall–Kier alpha value is -3.09. The third-order valence-electron chi connectivity index (χ3n) is 3.07. The number of amides is 1. The van der Waals surface area contributed by atoms with Crippen LogP contribution in [0.1, 0.15) is 6.92 Å². The van der Waals surface area contributed by atoms with E-state index in [0.29, 0.717) is 18.2 Å². The third-order valence-corrected chi connectivity index (χ3v) is 3.07. The number of nitrogen functional groups attached to an aromatic ring is 1. The van der Waals surface area contributed by atoms with Crippen molar-refractivity contribution in [3.05, 3.63) is 36.7 Å². The number of carbonyl (C=O) groups is 1. The highest BCUT2D eigenvalue weighted by Crippen LogP contribution is 2.24. The number of anilines is 2. The molecule has 1 aromatic carbocycles. The molecule has 0 fully saturated rings. The van der Waals surface area contributed by atoms with Crippen molar-refractivity contribution >= 4 is 28.8 Å². The van der Waals surface area contributed by atoms with Gasteiger partial charge in [0.25, 0.3) is 0 Å². The van der Waals surface area contributed by atoms with Crippen LogP contribution in [0.25, 0.3) is 22.2 Å². The number of benzene rings is 1. The summed E-state index contributed by atoms with van der Waals surface area (Å²) in [7, 11) is 0. The zero-order valence-electron chi connectivity index (χ0n) is 12.0. The Morgan fingerprint density at radius 1 is 1.32 bits per heavy atom. The number of nitrogens with one attached hydrogen (secondary N) is 2. The second-order valence-corrected chi connectivity index (χ2v) is 4.67. The maximum atomic E-state index is 11.4. The quantitative estimate of drug-likeness (QED) is 0.689. The van der Waals surface area contributed by atoms with Gasteiger partial charge in [-0.05, 0) is 30.7 Å². The molecule has 112 valence electrons. The average Bonchev–Trinajstić information content (AvgIpc) is 2.88. The van der Waals surface area contributed by atoms with Gasteiger partial charge in [-0.1, -0.05) is 6.07 Å². The second-order valence-electron chi connectivity index (χ2n) is 4.67. The maximum Gasteiger partial charge on any atom is 0.413 e. The number of carbonyl (C=O) groups excluding carboxylic acids is 1. The van der Waals surface area contributed by atoms with Crippen LogP contribution < -0.4 is 11.1 Å². The molecule has 1 amide bonds. The van der Waals surface area contributed by atoms with Gasteiger partial charge in [-0.15, -0.1) is 0 Å². The minimum Gasteiger partial charge on any atom is -0.450 e. The molecular weight excluding hydrogens is 282 g/mol. The van der Waals surface area contributed by atoms with E-state index in [2.05, 4.69) is 20.3 Å². The Bertz CT molecular complexity index is 828. The van der Waals surface area contributed by atoms with E-state index in [-0.39, 0.29) is 0 Å². The molecule has 3 rings (SSSR count). The van der Waals surface area contributed by atoms with Crippen LogP contribution in [-0.2, 0) is 4.74 Å². The molecule has 0 saturated carbocycles. The molecule has 4 N–H and O–H groups in total. The number of H-pyrrole nitrogens is 1. The van der Waals surface area contributed by atoms with E-state index in [1.807, 2.05) is 24.3 Å². The second kappa shape index (κ2) is 5.72. The monoisotopic (exact) mass is 297 g/mol. The number of nitrogens with zero attached hydrogens (tertiary/aromatic N) is 2. The van der Waals surface area contributed by atoms with Crippen LogP contribution in [0.3, 0.4) is 0 Å². The summed E-state index contributed by atoms with van der Waals surface area (Å²) in [5.74, 6) is 0.344. The smallest absolute Gasteiger partial charge is 0.413 e. The van der Waals surface area contributed by atoms with Crippen LogP contribution in [0.2, 0.25) is 0 Å². The van der Waals surface area contributed by atoms with Gasteiger partial charge in [-0.2, -0.15) is 0 Å². The number of hydrogen-bond acceptors (Lipinski definition) is 5. The van der Waals surface area contributed by atoms with Crippen LogP contribution in [0.5, 0.6) is 0 Å². The summed E-state index contributed by atoms with van der Waals surface area (Å²) in [5.41, 5.74) is 9.77. The minimum absolute atomic E-state index is 0.304. The Morgan fingerprint density at radius 2 is 2.18 bits per heavy atom. The van der Waals surface area contributed by atoms with Crippen LogP contribution in [0.4, 0.5) is 16.4 Å². The molecular formula is C15H15N5O2. The lowest BCUT2D eigenvalue weighted by atomic mass is 10.1. The van der Waals surface area contributed by atoms with Crippen molar-refractivity contribution in [2.24, 2.45) is 0 Å². The highest BCUT2D eigenvalue weighted by Gasteiger charge is 2.08. The van der Waals surface area contributed by atoms with Gasteiger partial charge in [0.05, 0.1) is 23.3 Å². The van der Waals surface area contributed by atoms with Crippen LogP contribution >= 0.6 is 0 Å². The first-order valence-electron chi connectivity index (χ1n) is 6.80. The van der Waals surface area contributed by atoms with Crippen molar-refractivity contribution in [1.82, 2.24) is 15.0 Å². The lowest BCUT2D eigenvalue weighted by Crippen LogP contribution is -2.14. The molecule has 0 aliphatic rings. The first-order chi connectivity index (χ1) is 10.7. The normalized spacial score (nSPS) is 10.6. The van der Waals surface area contributed by atoms with Gasteiger partial charge in [0.1, 0.15) is 0 Å². The zero-order valence-corrected chi connectivity index (χ0v) is 12.0. The number of rotatable bonds is 3. The predicted octanol–water partition coefficient (Wildman–Crippen LogP) is 2.78. The van der Waals surface area contributed by atoms with E-state index < -0.39 is 6.09 Å². The van der Waals surface area contributed by atoms with Gasteiger partial charge < -0.3 is 15.5 Å². The Labute approximate surface area is 126 Å². The van der Waals surface area contributed by atoms with Crippen LogP contribution in [0.15, 0.2) is 36.7 Å². The van der Waals surface area contributed by atoms with Gasteiger partial charge in [-0.3, -0.25) is 10.3 Å². The molecule has 0 saturated heterocycles. The van der Waals surface area contributed by atoms with Crippen molar-refractivity contribution < 1.29 is 9.53 Å². The summed E-state index contributed by atoms with van der Waals surface area (Å²) >= 11 is 0. The molecule has 22 heavy (non-hydrogen) atoms. The van der Waals surface area contributed by atoms with E-state index in [1.54, 1.807) is 19.3 Å². The highest BCUT2D eigenvalue weighted by molar-refractivity contribution is 5.88. The van der Waals surface area contributed by atoms with E-state index in [1.165, 1.54) is 0 Å². The number of imidazole rings is 1. The number of ether oxygens (including phenoxy) is 1. The maximum absolute atomic E-state index is 11.4. The molecule has 0 spiro atoms. The Kier molecular flexibility index (Phi) is 3.61. The first-order valence-corrected chi connectivity index (χ1v) is 6.80. The molecule has 0 aliphatic carbocycles. The Balaban J connectivity index is 1.91. The molecule has 2 aromatic heterocycles.